The van der Waals surface area contributed by atoms with Crippen molar-refractivity contribution in [1.29, 1.82) is 5.41 Å². The van der Waals surface area contributed by atoms with Gasteiger partial charge in [0.2, 0.25) is 0 Å². The third-order valence-electron chi connectivity index (χ3n) is 1.18. The van der Waals surface area contributed by atoms with E-state index in [-0.39, 0.29) is 6.10 Å². The Morgan fingerprint density at radius 2 is 1.86 bits per heavy atom. The molecular formula is C11H18N2O. The summed E-state index contributed by atoms with van der Waals surface area (Å²) >= 11 is 0. The molecule has 0 fully saturated rings. The zero-order chi connectivity index (χ0) is 10.8. The Morgan fingerprint density at radius 1 is 1.36 bits per heavy atom. The lowest BCUT2D eigenvalue weighted by Gasteiger charge is -1.99. The number of hydrogen-bond donors (Lipinski definition) is 3. The van der Waals surface area contributed by atoms with Gasteiger partial charge in [-0.2, -0.15) is 0 Å². The van der Waals surface area contributed by atoms with E-state index in [1.165, 1.54) is 6.21 Å². The highest BCUT2D eigenvalue weighted by atomic mass is 16.3. The van der Waals surface area contributed by atoms with Crippen LogP contribution in [0.1, 0.15) is 13.8 Å². The second kappa shape index (κ2) is 8.26. The van der Waals surface area contributed by atoms with E-state index in [1.807, 2.05) is 30.3 Å². The van der Waals surface area contributed by atoms with Gasteiger partial charge in [0.05, 0.1) is 0 Å². The van der Waals surface area contributed by atoms with Gasteiger partial charge >= 0.3 is 0 Å². The molecule has 3 N–H and O–H groups in total. The summed E-state index contributed by atoms with van der Waals surface area (Å²) in [6, 6.07) is 9.85. The lowest BCUT2D eigenvalue weighted by atomic mass is 10.3. The minimum absolute atomic E-state index is 0.167. The van der Waals surface area contributed by atoms with Gasteiger partial charge in [-0.1, -0.05) is 18.2 Å². The Hall–Kier alpha value is -1.35. The molecule has 0 saturated heterocycles. The molecule has 0 unspecified atom stereocenters. The fourth-order valence-electron chi connectivity index (χ4n) is 0.725. The number of aliphatic hydroxyl groups is 1. The summed E-state index contributed by atoms with van der Waals surface area (Å²) in [5, 5.41) is 17.9. The monoisotopic (exact) mass is 194 g/mol. The number of nitrogens with one attached hydrogen (secondary N) is 2. The molecule has 0 heterocycles. The third kappa shape index (κ3) is 8.74. The van der Waals surface area contributed by atoms with Crippen LogP contribution in [-0.2, 0) is 0 Å². The second-order valence-corrected chi connectivity index (χ2v) is 3.04. The van der Waals surface area contributed by atoms with Crippen molar-refractivity contribution >= 4 is 11.9 Å². The van der Waals surface area contributed by atoms with E-state index < -0.39 is 0 Å². The maximum atomic E-state index is 8.06. The standard InChI is InChI=1S/C8H10N2.C3H8O/c9-6-7-10-8-4-2-1-3-5-8;1-3(2)4/h1-6,9-10H,7H2;3-4H,1-2H3. The summed E-state index contributed by atoms with van der Waals surface area (Å²) in [6.07, 6.45) is 1.17. The predicted octanol–water partition coefficient (Wildman–Crippen LogP) is 2.14. The summed E-state index contributed by atoms with van der Waals surface area (Å²) in [5.74, 6) is 0. The van der Waals surface area contributed by atoms with Gasteiger partial charge < -0.3 is 15.8 Å². The van der Waals surface area contributed by atoms with Crippen LogP contribution < -0.4 is 5.32 Å². The molecule has 3 heteroatoms. The summed E-state index contributed by atoms with van der Waals surface area (Å²) in [7, 11) is 0. The first-order valence-corrected chi connectivity index (χ1v) is 4.62. The molecular weight excluding hydrogens is 176 g/mol. The second-order valence-electron chi connectivity index (χ2n) is 3.04. The molecule has 0 atom stereocenters. The highest BCUT2D eigenvalue weighted by molar-refractivity contribution is 5.61. The van der Waals surface area contributed by atoms with Gasteiger partial charge in [-0.05, 0) is 26.0 Å². The molecule has 0 aliphatic rings. The molecule has 14 heavy (non-hydrogen) atoms. The van der Waals surface area contributed by atoms with E-state index in [0.717, 1.165) is 5.69 Å². The van der Waals surface area contributed by atoms with Crippen LogP contribution in [0.15, 0.2) is 30.3 Å². The van der Waals surface area contributed by atoms with E-state index in [1.54, 1.807) is 13.8 Å². The van der Waals surface area contributed by atoms with Crippen LogP contribution in [0, 0.1) is 5.41 Å². The minimum atomic E-state index is -0.167. The number of rotatable bonds is 3. The first-order valence-electron chi connectivity index (χ1n) is 4.62. The van der Waals surface area contributed by atoms with Crippen molar-refractivity contribution in [3.63, 3.8) is 0 Å². The Morgan fingerprint density at radius 3 is 2.29 bits per heavy atom. The molecule has 0 aliphatic heterocycles. The highest BCUT2D eigenvalue weighted by Gasteiger charge is 1.83. The van der Waals surface area contributed by atoms with Crippen LogP contribution in [0.2, 0.25) is 0 Å². The molecule has 0 spiro atoms. The van der Waals surface area contributed by atoms with Gasteiger partial charge in [0, 0.05) is 24.6 Å². The summed E-state index contributed by atoms with van der Waals surface area (Å²) in [6.45, 7) is 4.05. The molecule has 0 amide bonds. The average molecular weight is 194 g/mol. The zero-order valence-corrected chi connectivity index (χ0v) is 8.70. The van der Waals surface area contributed by atoms with Crippen LogP contribution >= 0.6 is 0 Å². The quantitative estimate of drug-likeness (QED) is 0.646. The topological polar surface area (TPSA) is 56.1 Å². The molecule has 0 bridgehead atoms. The van der Waals surface area contributed by atoms with Crippen molar-refractivity contribution in [2.45, 2.75) is 20.0 Å². The first-order chi connectivity index (χ1) is 6.66. The number of benzene rings is 1. The molecule has 0 aliphatic carbocycles. The van der Waals surface area contributed by atoms with E-state index in [4.69, 9.17) is 10.5 Å². The van der Waals surface area contributed by atoms with Crippen molar-refractivity contribution in [3.05, 3.63) is 30.3 Å². The van der Waals surface area contributed by atoms with Gasteiger partial charge in [0.1, 0.15) is 0 Å². The highest BCUT2D eigenvalue weighted by Crippen LogP contribution is 2.02. The Bertz CT molecular complexity index is 232. The predicted molar refractivity (Wildman–Crippen MR) is 61.1 cm³/mol. The van der Waals surface area contributed by atoms with Crippen LogP contribution in [-0.4, -0.2) is 24.0 Å². The summed E-state index contributed by atoms with van der Waals surface area (Å²) in [5.41, 5.74) is 1.06. The first kappa shape index (κ1) is 12.7. The van der Waals surface area contributed by atoms with Crippen LogP contribution in [0.5, 0.6) is 0 Å². The van der Waals surface area contributed by atoms with Crippen molar-refractivity contribution < 1.29 is 5.11 Å². The van der Waals surface area contributed by atoms with Gasteiger partial charge in [0.25, 0.3) is 0 Å². The molecule has 1 aromatic rings. The van der Waals surface area contributed by atoms with Gasteiger partial charge in [0.15, 0.2) is 0 Å². The Labute approximate surface area is 85.3 Å². The van der Waals surface area contributed by atoms with E-state index in [0.29, 0.717) is 6.54 Å². The Balaban J connectivity index is 0.000000364. The molecule has 78 valence electrons. The maximum absolute atomic E-state index is 8.06. The lowest BCUT2D eigenvalue weighted by Crippen LogP contribution is -2.00. The molecule has 0 radical (unpaired) electrons. The van der Waals surface area contributed by atoms with E-state index in [2.05, 4.69) is 5.32 Å². The summed E-state index contributed by atoms with van der Waals surface area (Å²) in [4.78, 5) is 0. The third-order valence-corrected chi connectivity index (χ3v) is 1.18. The van der Waals surface area contributed by atoms with Crippen molar-refractivity contribution in [1.82, 2.24) is 0 Å². The lowest BCUT2D eigenvalue weighted by molar-refractivity contribution is 0.216. The number of aliphatic hydroxyl groups excluding tert-OH is 1. The SMILES string of the molecule is CC(C)O.N=CCNc1ccccc1. The molecule has 1 rings (SSSR count). The molecule has 0 saturated carbocycles. The van der Waals surface area contributed by atoms with Crippen LogP contribution in [0.25, 0.3) is 0 Å². The summed E-state index contributed by atoms with van der Waals surface area (Å²) < 4.78 is 0. The van der Waals surface area contributed by atoms with E-state index >= 15 is 0 Å². The van der Waals surface area contributed by atoms with Gasteiger partial charge in [-0.3, -0.25) is 0 Å². The average Bonchev–Trinajstić information content (AvgIpc) is 2.15. The number of anilines is 1. The van der Waals surface area contributed by atoms with E-state index in [9.17, 15) is 0 Å². The largest absolute Gasteiger partial charge is 0.394 e. The maximum Gasteiger partial charge on any atom is 0.0496 e. The molecule has 1 aromatic carbocycles. The number of hydrogen-bond acceptors (Lipinski definition) is 3. The molecule has 3 nitrogen and oxygen atoms in total. The van der Waals surface area contributed by atoms with Crippen LogP contribution in [0.4, 0.5) is 5.69 Å². The van der Waals surface area contributed by atoms with Crippen molar-refractivity contribution in [2.75, 3.05) is 11.9 Å². The zero-order valence-electron chi connectivity index (χ0n) is 8.70. The van der Waals surface area contributed by atoms with Crippen molar-refractivity contribution in [3.8, 4) is 0 Å². The van der Waals surface area contributed by atoms with Gasteiger partial charge in [-0.25, -0.2) is 0 Å². The normalized spacial score (nSPS) is 8.86. The number of para-hydroxylation sites is 1. The minimum Gasteiger partial charge on any atom is -0.394 e. The smallest absolute Gasteiger partial charge is 0.0496 e. The molecule has 0 aromatic heterocycles. The van der Waals surface area contributed by atoms with Crippen LogP contribution in [0.3, 0.4) is 0 Å². The van der Waals surface area contributed by atoms with Crippen molar-refractivity contribution in [2.24, 2.45) is 0 Å². The fraction of sp³-hybridized carbons (Fsp3) is 0.364. The fourth-order valence-corrected chi connectivity index (χ4v) is 0.725. The van der Waals surface area contributed by atoms with Gasteiger partial charge in [-0.15, -0.1) is 0 Å². The Kier molecular flexibility index (Phi) is 7.46.